The van der Waals surface area contributed by atoms with Crippen LogP contribution < -0.4 is 5.32 Å². The molecule has 1 saturated heterocycles. The molecule has 2 heterocycles. The van der Waals surface area contributed by atoms with E-state index < -0.39 is 0 Å². The van der Waals surface area contributed by atoms with Crippen molar-refractivity contribution in [2.24, 2.45) is 5.92 Å². The van der Waals surface area contributed by atoms with Gasteiger partial charge in [0.2, 0.25) is 11.8 Å². The van der Waals surface area contributed by atoms with Crippen LogP contribution in [0.4, 0.5) is 0 Å². The van der Waals surface area contributed by atoms with E-state index in [-0.39, 0.29) is 18.5 Å². The molecular formula is C33H36Cl2N4O2. The topological polar surface area (TPSA) is 61.6 Å². The lowest BCUT2D eigenvalue weighted by Crippen LogP contribution is -2.50. The molecule has 8 heteroatoms. The lowest BCUT2D eigenvalue weighted by molar-refractivity contribution is -0.123. The molecule has 1 aliphatic rings. The maximum atomic E-state index is 12.9. The number of hydrogen-bond donors (Lipinski definition) is 1. The average molecular weight is 592 g/mol. The summed E-state index contributed by atoms with van der Waals surface area (Å²) in [5, 5.41) is 4.45. The minimum atomic E-state index is -0.0322. The number of nitrogens with zero attached hydrogens (tertiary/aromatic N) is 3. The summed E-state index contributed by atoms with van der Waals surface area (Å²) in [4.78, 5) is 22.3. The molecule has 0 saturated carbocycles. The van der Waals surface area contributed by atoms with E-state index in [1.807, 2.05) is 54.6 Å². The van der Waals surface area contributed by atoms with Gasteiger partial charge in [0.05, 0.1) is 19.1 Å². The number of aromatic nitrogens is 1. The standard InChI is InChI=1S/C33H36Cl2N4O2/c1-23(2)20-29-32(24-6-4-3-5-7-24)37-31(41-29)21-36-30(40)22-38-16-18-39(19-17-38)33(25-8-12-27(34)13-9-25)26-10-14-28(35)15-11-26/h3-15,23,33H,16-22H2,1-2H3,(H,36,40). The number of rotatable bonds is 10. The number of piperazine rings is 1. The molecule has 0 bridgehead atoms. The van der Waals surface area contributed by atoms with E-state index in [1.165, 1.54) is 11.1 Å². The van der Waals surface area contributed by atoms with Gasteiger partial charge < -0.3 is 9.73 Å². The Morgan fingerprint density at radius 3 is 2.02 bits per heavy atom. The van der Waals surface area contributed by atoms with Gasteiger partial charge in [-0.3, -0.25) is 14.6 Å². The number of nitrogens with one attached hydrogen (secondary N) is 1. The van der Waals surface area contributed by atoms with Crippen LogP contribution >= 0.6 is 23.2 Å². The van der Waals surface area contributed by atoms with Gasteiger partial charge in [0.1, 0.15) is 11.5 Å². The first kappa shape index (κ1) is 29.3. The minimum absolute atomic E-state index is 0.0322. The Bertz CT molecular complexity index is 1370. The zero-order valence-corrected chi connectivity index (χ0v) is 25.0. The molecule has 41 heavy (non-hydrogen) atoms. The highest BCUT2D eigenvalue weighted by atomic mass is 35.5. The largest absolute Gasteiger partial charge is 0.443 e. The number of halogens is 2. The number of benzene rings is 3. The Balaban J connectivity index is 1.18. The van der Waals surface area contributed by atoms with E-state index >= 15 is 0 Å². The molecule has 0 unspecified atom stereocenters. The zero-order valence-electron chi connectivity index (χ0n) is 23.5. The lowest BCUT2D eigenvalue weighted by Gasteiger charge is -2.39. The van der Waals surface area contributed by atoms with E-state index in [0.717, 1.165) is 59.7 Å². The Morgan fingerprint density at radius 1 is 0.878 bits per heavy atom. The fraction of sp³-hybridized carbons (Fsp3) is 0.333. The highest BCUT2D eigenvalue weighted by Crippen LogP contribution is 2.31. The monoisotopic (exact) mass is 590 g/mol. The van der Waals surface area contributed by atoms with Crippen LogP contribution in [0.3, 0.4) is 0 Å². The van der Waals surface area contributed by atoms with Gasteiger partial charge in [-0.25, -0.2) is 4.98 Å². The van der Waals surface area contributed by atoms with E-state index in [0.29, 0.717) is 18.4 Å². The van der Waals surface area contributed by atoms with Crippen LogP contribution in [0.1, 0.15) is 42.7 Å². The molecule has 0 aliphatic carbocycles. The molecule has 1 N–H and O–H groups in total. The number of carbonyl (C=O) groups is 1. The van der Waals surface area contributed by atoms with Crippen LogP contribution in [0.2, 0.25) is 10.0 Å². The highest BCUT2D eigenvalue weighted by molar-refractivity contribution is 6.30. The van der Waals surface area contributed by atoms with Crippen LogP contribution in [0.5, 0.6) is 0 Å². The van der Waals surface area contributed by atoms with Crippen molar-refractivity contribution in [3.8, 4) is 11.3 Å². The Hall–Kier alpha value is -3.16. The van der Waals surface area contributed by atoms with Gasteiger partial charge in [-0.1, -0.05) is 91.6 Å². The van der Waals surface area contributed by atoms with Crippen LogP contribution in [-0.2, 0) is 17.8 Å². The van der Waals surface area contributed by atoms with E-state index in [1.54, 1.807) is 0 Å². The average Bonchev–Trinajstić information content (AvgIpc) is 3.37. The van der Waals surface area contributed by atoms with Crippen molar-refractivity contribution in [3.05, 3.63) is 112 Å². The maximum absolute atomic E-state index is 12.9. The molecule has 0 radical (unpaired) electrons. The second-order valence-electron chi connectivity index (χ2n) is 10.9. The summed E-state index contributed by atoms with van der Waals surface area (Å²) < 4.78 is 6.10. The molecule has 5 rings (SSSR count). The molecule has 0 atom stereocenters. The second kappa shape index (κ2) is 13.7. The van der Waals surface area contributed by atoms with Gasteiger partial charge in [0.25, 0.3) is 0 Å². The molecule has 6 nitrogen and oxygen atoms in total. The highest BCUT2D eigenvalue weighted by Gasteiger charge is 2.27. The molecule has 1 fully saturated rings. The van der Waals surface area contributed by atoms with Crippen LogP contribution in [0, 0.1) is 5.92 Å². The van der Waals surface area contributed by atoms with Gasteiger partial charge in [-0.15, -0.1) is 0 Å². The van der Waals surface area contributed by atoms with Crippen molar-refractivity contribution < 1.29 is 9.21 Å². The molecular weight excluding hydrogens is 555 g/mol. The minimum Gasteiger partial charge on any atom is -0.443 e. The summed E-state index contributed by atoms with van der Waals surface area (Å²) in [6.45, 7) is 8.18. The zero-order chi connectivity index (χ0) is 28.8. The van der Waals surface area contributed by atoms with Crippen molar-refractivity contribution in [1.82, 2.24) is 20.1 Å². The summed E-state index contributed by atoms with van der Waals surface area (Å²) >= 11 is 12.3. The lowest BCUT2D eigenvalue weighted by atomic mass is 9.96. The first-order valence-electron chi connectivity index (χ1n) is 14.1. The Morgan fingerprint density at radius 2 is 1.46 bits per heavy atom. The van der Waals surface area contributed by atoms with Gasteiger partial charge in [0, 0.05) is 48.2 Å². The van der Waals surface area contributed by atoms with Crippen molar-refractivity contribution in [3.63, 3.8) is 0 Å². The quantitative estimate of drug-likeness (QED) is 0.218. The Kier molecular flexibility index (Phi) is 9.78. The van der Waals surface area contributed by atoms with Crippen LogP contribution in [0.15, 0.2) is 83.3 Å². The smallest absolute Gasteiger partial charge is 0.234 e. The predicted molar refractivity (Wildman–Crippen MR) is 165 cm³/mol. The molecule has 214 valence electrons. The van der Waals surface area contributed by atoms with Crippen molar-refractivity contribution in [2.45, 2.75) is 32.9 Å². The Labute approximate surface area is 252 Å². The normalized spacial score (nSPS) is 14.6. The van der Waals surface area contributed by atoms with Crippen molar-refractivity contribution in [2.75, 3.05) is 32.7 Å². The summed E-state index contributed by atoms with van der Waals surface area (Å²) in [6.07, 6.45) is 0.794. The number of carbonyl (C=O) groups excluding carboxylic acids is 1. The third kappa shape index (κ3) is 7.77. The van der Waals surface area contributed by atoms with Crippen LogP contribution in [-0.4, -0.2) is 53.4 Å². The molecule has 1 amide bonds. The van der Waals surface area contributed by atoms with Crippen molar-refractivity contribution >= 4 is 29.1 Å². The summed E-state index contributed by atoms with van der Waals surface area (Å²) in [7, 11) is 0. The molecule has 0 spiro atoms. The second-order valence-corrected chi connectivity index (χ2v) is 11.8. The molecule has 4 aromatic rings. The summed E-state index contributed by atoms with van der Waals surface area (Å²) in [6, 6.07) is 26.2. The first-order valence-corrected chi connectivity index (χ1v) is 14.9. The van der Waals surface area contributed by atoms with Gasteiger partial charge in [0.15, 0.2) is 0 Å². The molecule has 3 aromatic carbocycles. The fourth-order valence-electron chi connectivity index (χ4n) is 5.32. The van der Waals surface area contributed by atoms with Gasteiger partial charge in [-0.05, 0) is 41.3 Å². The predicted octanol–water partition coefficient (Wildman–Crippen LogP) is 6.87. The molecule has 1 aliphatic heterocycles. The van der Waals surface area contributed by atoms with Crippen molar-refractivity contribution in [1.29, 1.82) is 0 Å². The molecule has 1 aromatic heterocycles. The number of oxazole rings is 1. The van der Waals surface area contributed by atoms with Crippen LogP contribution in [0.25, 0.3) is 11.3 Å². The maximum Gasteiger partial charge on any atom is 0.234 e. The number of amides is 1. The fourth-order valence-corrected chi connectivity index (χ4v) is 5.58. The van der Waals surface area contributed by atoms with E-state index in [9.17, 15) is 4.79 Å². The van der Waals surface area contributed by atoms with E-state index in [2.05, 4.69) is 53.2 Å². The third-order valence-corrected chi connectivity index (χ3v) is 7.83. The first-order chi connectivity index (χ1) is 19.9. The van der Waals surface area contributed by atoms with Gasteiger partial charge in [-0.2, -0.15) is 0 Å². The third-order valence-electron chi connectivity index (χ3n) is 7.33. The van der Waals surface area contributed by atoms with Gasteiger partial charge >= 0.3 is 0 Å². The van der Waals surface area contributed by atoms with E-state index in [4.69, 9.17) is 32.6 Å². The SMILES string of the molecule is CC(C)Cc1oc(CNC(=O)CN2CCN(C(c3ccc(Cl)cc3)c3ccc(Cl)cc3)CC2)nc1-c1ccccc1. The number of hydrogen-bond acceptors (Lipinski definition) is 5. The summed E-state index contributed by atoms with van der Waals surface area (Å²) in [5.74, 6) is 1.80. The summed E-state index contributed by atoms with van der Waals surface area (Å²) in [5.41, 5.74) is 4.24.